The molecule has 0 fully saturated rings. The maximum atomic E-state index is 12.3. The molecule has 23 heavy (non-hydrogen) atoms. The van der Waals surface area contributed by atoms with Crippen molar-refractivity contribution in [3.63, 3.8) is 0 Å². The van der Waals surface area contributed by atoms with Crippen molar-refractivity contribution in [2.45, 2.75) is 97.8 Å². The minimum absolute atomic E-state index is 0.0991. The van der Waals surface area contributed by atoms with Crippen molar-refractivity contribution in [3.8, 4) is 0 Å². The molecular weight excluding hydrogens is 306 g/mol. The van der Waals surface area contributed by atoms with Crippen LogP contribution in [-0.4, -0.2) is 42.4 Å². The molecule has 1 unspecified atom stereocenters. The first-order valence-corrected chi connectivity index (χ1v) is 12.5. The van der Waals surface area contributed by atoms with Gasteiger partial charge in [0.05, 0.1) is 12.4 Å². The fourth-order valence-electron chi connectivity index (χ4n) is 2.79. The van der Waals surface area contributed by atoms with E-state index in [2.05, 4.69) is 26.6 Å². The van der Waals surface area contributed by atoms with Crippen molar-refractivity contribution >= 4 is 14.2 Å². The number of ether oxygens (including phenoxy) is 1. The summed E-state index contributed by atoms with van der Waals surface area (Å²) in [6, 6.07) is 1.13. The van der Waals surface area contributed by atoms with Crippen molar-refractivity contribution in [2.24, 2.45) is 0 Å². The van der Waals surface area contributed by atoms with Gasteiger partial charge in [0.25, 0.3) is 0 Å². The molecule has 0 aliphatic heterocycles. The first-order chi connectivity index (χ1) is 10.5. The number of amides is 1. The van der Waals surface area contributed by atoms with E-state index in [9.17, 15) is 9.90 Å². The number of carbonyl (C=O) groups excluding carboxylic acids is 1. The van der Waals surface area contributed by atoms with Gasteiger partial charge >= 0.3 is 6.09 Å². The molecule has 0 aliphatic rings. The minimum atomic E-state index is -1.34. The van der Waals surface area contributed by atoms with Crippen LogP contribution in [0.2, 0.25) is 25.7 Å². The summed E-state index contributed by atoms with van der Waals surface area (Å²) in [6.45, 7) is 16.8. The Balaban J connectivity index is 5.01. The summed E-state index contributed by atoms with van der Waals surface area (Å²) in [6.07, 6.45) is 3.25. The molecule has 0 radical (unpaired) electrons. The van der Waals surface area contributed by atoms with Gasteiger partial charge in [-0.3, -0.25) is 0 Å². The normalized spacial score (nSPS) is 14.3. The molecule has 0 aromatic heterocycles. The number of hydrogen-bond acceptors (Lipinski definition) is 3. The van der Waals surface area contributed by atoms with Crippen LogP contribution in [0.1, 0.15) is 53.9 Å². The smallest absolute Gasteiger partial charge is 0.415 e. The Bertz CT molecular complexity index is 378. The van der Waals surface area contributed by atoms with E-state index < -0.39 is 8.07 Å². The van der Waals surface area contributed by atoms with E-state index in [4.69, 9.17) is 4.74 Å². The van der Waals surface area contributed by atoms with Crippen LogP contribution in [0, 0.1) is 0 Å². The van der Waals surface area contributed by atoms with Gasteiger partial charge in [0.1, 0.15) is 0 Å². The molecule has 0 saturated heterocycles. The highest BCUT2D eigenvalue weighted by atomic mass is 28.3. The molecule has 0 rings (SSSR count). The third-order valence-corrected chi connectivity index (χ3v) is 5.04. The quantitative estimate of drug-likeness (QED) is 0.472. The van der Waals surface area contributed by atoms with Gasteiger partial charge in [-0.25, -0.2) is 4.79 Å². The van der Waals surface area contributed by atoms with E-state index in [0.717, 1.165) is 24.5 Å². The highest BCUT2D eigenvalue weighted by Crippen LogP contribution is 2.22. The van der Waals surface area contributed by atoms with Gasteiger partial charge in [-0.1, -0.05) is 33.0 Å². The zero-order valence-corrected chi connectivity index (χ0v) is 17.3. The maximum absolute atomic E-state index is 12.3. The number of nitrogens with zero attached hydrogens (tertiary/aromatic N) is 1. The number of carbonyl (C=O) groups is 1. The topological polar surface area (TPSA) is 49.8 Å². The largest absolute Gasteiger partial charge is 0.418 e. The molecule has 0 saturated carbocycles. The van der Waals surface area contributed by atoms with E-state index >= 15 is 0 Å². The molecular formula is C18H37NO3Si. The molecule has 4 nitrogen and oxygen atoms in total. The Kier molecular flexibility index (Phi) is 9.78. The van der Waals surface area contributed by atoms with Gasteiger partial charge in [0, 0.05) is 20.2 Å². The molecule has 136 valence electrons. The van der Waals surface area contributed by atoms with Crippen molar-refractivity contribution < 1.29 is 14.6 Å². The molecule has 0 bridgehead atoms. The van der Waals surface area contributed by atoms with Crippen LogP contribution in [0.15, 0.2) is 11.8 Å². The number of aliphatic hydroxyl groups excluding tert-OH is 1. The first kappa shape index (κ1) is 22.2. The molecule has 1 atom stereocenters. The second-order valence-corrected chi connectivity index (χ2v) is 13.6. The first-order valence-electron chi connectivity index (χ1n) is 8.82. The Morgan fingerprint density at radius 1 is 1.17 bits per heavy atom. The Labute approximate surface area is 143 Å². The molecule has 1 amide bonds. The maximum Gasteiger partial charge on any atom is 0.415 e. The Morgan fingerprint density at radius 2 is 1.70 bits per heavy atom. The van der Waals surface area contributed by atoms with Gasteiger partial charge in [-0.2, -0.15) is 0 Å². The van der Waals surface area contributed by atoms with E-state index in [0.29, 0.717) is 6.42 Å². The number of aliphatic hydroxyl groups is 1. The lowest BCUT2D eigenvalue weighted by atomic mass is 10.1. The fraction of sp³-hybridized carbons (Fsp3) is 0.833. The van der Waals surface area contributed by atoms with Gasteiger partial charge in [0.2, 0.25) is 0 Å². The van der Waals surface area contributed by atoms with Crippen LogP contribution in [0.4, 0.5) is 4.79 Å². The average Bonchev–Trinajstić information content (AvgIpc) is 2.33. The monoisotopic (exact) mass is 343 g/mol. The van der Waals surface area contributed by atoms with Crippen LogP contribution in [0.5, 0.6) is 0 Å². The zero-order chi connectivity index (χ0) is 18.2. The van der Waals surface area contributed by atoms with Crippen molar-refractivity contribution in [1.82, 2.24) is 4.90 Å². The summed E-state index contributed by atoms with van der Waals surface area (Å²) in [5.74, 6) is 0. The van der Waals surface area contributed by atoms with Crippen LogP contribution < -0.4 is 0 Å². The molecule has 0 heterocycles. The van der Waals surface area contributed by atoms with Crippen LogP contribution >= 0.6 is 0 Å². The third kappa shape index (κ3) is 9.82. The summed E-state index contributed by atoms with van der Waals surface area (Å²) >= 11 is 0. The highest BCUT2D eigenvalue weighted by molar-refractivity contribution is 6.76. The van der Waals surface area contributed by atoms with E-state index in [1.807, 2.05) is 27.7 Å². The Morgan fingerprint density at radius 3 is 2.09 bits per heavy atom. The van der Waals surface area contributed by atoms with E-state index in [1.54, 1.807) is 11.2 Å². The lowest BCUT2D eigenvalue weighted by Gasteiger charge is -2.29. The summed E-state index contributed by atoms with van der Waals surface area (Å²) in [7, 11) is -1.34. The summed E-state index contributed by atoms with van der Waals surface area (Å²) in [5, 5.41) is 10.1. The Hall–Kier alpha value is -0.813. The third-order valence-electron chi connectivity index (χ3n) is 3.53. The second-order valence-electron chi connectivity index (χ2n) is 8.14. The van der Waals surface area contributed by atoms with Gasteiger partial charge in [0.15, 0.2) is 0 Å². The predicted molar refractivity (Wildman–Crippen MR) is 100 cm³/mol. The van der Waals surface area contributed by atoms with Gasteiger partial charge in [-0.15, -0.1) is 0 Å². The van der Waals surface area contributed by atoms with Crippen molar-refractivity contribution in [2.75, 3.05) is 0 Å². The molecule has 0 aromatic carbocycles. The lowest BCUT2D eigenvalue weighted by molar-refractivity contribution is 0.107. The minimum Gasteiger partial charge on any atom is -0.418 e. The predicted octanol–water partition coefficient (Wildman–Crippen LogP) is 5.02. The second kappa shape index (κ2) is 10.1. The van der Waals surface area contributed by atoms with E-state index in [1.165, 1.54) is 0 Å². The van der Waals surface area contributed by atoms with Crippen molar-refractivity contribution in [3.05, 3.63) is 11.8 Å². The van der Waals surface area contributed by atoms with Crippen LogP contribution in [0.3, 0.4) is 0 Å². The standard InChI is InChI=1S/C18H37NO3Si/c1-9-10-17(20)11-16(13-23(6,7)8)12-22-18(21)19(14(2)3)15(4)5/h12,14-15,17,20H,9-11,13H2,1-8H3/b16-12+. The van der Waals surface area contributed by atoms with Crippen molar-refractivity contribution in [1.29, 1.82) is 0 Å². The summed E-state index contributed by atoms with van der Waals surface area (Å²) in [5.41, 5.74) is 1.05. The van der Waals surface area contributed by atoms with Crippen LogP contribution in [-0.2, 0) is 4.74 Å². The molecule has 5 heteroatoms. The fourth-order valence-corrected chi connectivity index (χ4v) is 4.38. The van der Waals surface area contributed by atoms with E-state index in [-0.39, 0.29) is 24.3 Å². The SMILES string of the molecule is CCCC(O)C/C(=C\OC(=O)N(C(C)C)C(C)C)C[Si](C)(C)C. The summed E-state index contributed by atoms with van der Waals surface area (Å²) < 4.78 is 5.45. The highest BCUT2D eigenvalue weighted by Gasteiger charge is 2.22. The van der Waals surface area contributed by atoms with Crippen LogP contribution in [0.25, 0.3) is 0 Å². The average molecular weight is 344 g/mol. The van der Waals surface area contributed by atoms with Gasteiger partial charge < -0.3 is 14.7 Å². The molecule has 0 aromatic rings. The molecule has 1 N–H and O–H groups in total. The molecule has 0 spiro atoms. The number of hydrogen-bond donors (Lipinski definition) is 1. The summed E-state index contributed by atoms with van der Waals surface area (Å²) in [4.78, 5) is 14.0. The van der Waals surface area contributed by atoms with Gasteiger partial charge in [-0.05, 0) is 52.2 Å². The molecule has 0 aliphatic carbocycles. The zero-order valence-electron chi connectivity index (χ0n) is 16.3. The number of rotatable bonds is 9. The lowest BCUT2D eigenvalue weighted by Crippen LogP contribution is -2.41.